The molecule has 0 amide bonds. The van der Waals surface area contributed by atoms with Crippen LogP contribution in [0.3, 0.4) is 0 Å². The molecule has 6 heteroatoms. The molecule has 2 rings (SSSR count). The second-order valence-electron chi connectivity index (χ2n) is 3.36. The maximum Gasteiger partial charge on any atom is 0.271 e. The molecule has 0 aliphatic rings. The summed E-state index contributed by atoms with van der Waals surface area (Å²) < 4.78 is 4.96. The first-order valence-electron chi connectivity index (χ1n) is 4.64. The second-order valence-corrected chi connectivity index (χ2v) is 3.73. The molecule has 0 saturated heterocycles. The van der Waals surface area contributed by atoms with Crippen molar-refractivity contribution in [2.75, 3.05) is 11.9 Å². The van der Waals surface area contributed by atoms with Crippen LogP contribution in [-0.4, -0.2) is 17.0 Å². The largest absolute Gasteiger partial charge is 0.472 e. The third-order valence-corrected chi connectivity index (χ3v) is 2.48. The highest BCUT2D eigenvalue weighted by atomic mass is 35.5. The van der Waals surface area contributed by atoms with Gasteiger partial charge >= 0.3 is 0 Å². The molecular formula is C10H10ClN3O2. The molecule has 0 unspecified atom stereocenters. The Morgan fingerprint density at radius 1 is 1.62 bits per heavy atom. The number of hydrogen-bond donors (Lipinski definition) is 1. The summed E-state index contributed by atoms with van der Waals surface area (Å²) in [6, 6.07) is 1.84. The lowest BCUT2D eigenvalue weighted by atomic mass is 10.3. The molecule has 1 N–H and O–H groups in total. The summed E-state index contributed by atoms with van der Waals surface area (Å²) in [7, 11) is 1.81. The van der Waals surface area contributed by atoms with Gasteiger partial charge in [-0.2, -0.15) is 0 Å². The molecule has 16 heavy (non-hydrogen) atoms. The normalized spacial score (nSPS) is 10.4. The molecule has 0 aliphatic carbocycles. The zero-order valence-electron chi connectivity index (χ0n) is 8.61. The third kappa shape index (κ3) is 2.09. The number of hydrogen-bond acceptors (Lipinski definition) is 4. The van der Waals surface area contributed by atoms with Crippen LogP contribution in [-0.2, 0) is 6.54 Å². The molecule has 84 valence electrons. The fraction of sp³-hybridized carbons (Fsp3) is 0.200. The van der Waals surface area contributed by atoms with Gasteiger partial charge in [-0.15, -0.1) is 0 Å². The van der Waals surface area contributed by atoms with Gasteiger partial charge in [-0.05, 0) is 6.07 Å². The monoisotopic (exact) mass is 239 g/mol. The predicted molar refractivity (Wildman–Crippen MR) is 60.7 cm³/mol. The average Bonchev–Trinajstić information content (AvgIpc) is 2.74. The van der Waals surface area contributed by atoms with Crippen molar-refractivity contribution in [1.29, 1.82) is 0 Å². The van der Waals surface area contributed by atoms with Crippen LogP contribution < -0.4 is 10.5 Å². The van der Waals surface area contributed by atoms with Gasteiger partial charge in [0.2, 0.25) is 0 Å². The average molecular weight is 240 g/mol. The van der Waals surface area contributed by atoms with Gasteiger partial charge in [0.05, 0.1) is 18.9 Å². The van der Waals surface area contributed by atoms with Crippen molar-refractivity contribution in [3.8, 4) is 0 Å². The lowest BCUT2D eigenvalue weighted by Crippen LogP contribution is -2.21. The maximum absolute atomic E-state index is 11.3. The Labute approximate surface area is 96.7 Å². The Morgan fingerprint density at radius 3 is 3.12 bits per heavy atom. The molecule has 2 heterocycles. The molecule has 0 aliphatic heterocycles. The van der Waals surface area contributed by atoms with Crippen LogP contribution in [0.1, 0.15) is 5.56 Å². The molecule has 0 spiro atoms. The molecule has 0 aromatic carbocycles. The summed E-state index contributed by atoms with van der Waals surface area (Å²) in [5.74, 6) is 0.451. The smallest absolute Gasteiger partial charge is 0.271 e. The predicted octanol–water partition coefficient (Wildman–Crippen LogP) is 1.65. The summed E-state index contributed by atoms with van der Waals surface area (Å²) in [4.78, 5) is 19.5. The molecule has 0 atom stereocenters. The maximum atomic E-state index is 11.3. The third-order valence-electron chi connectivity index (χ3n) is 2.14. The molecule has 0 saturated carbocycles. The van der Waals surface area contributed by atoms with E-state index in [1.54, 1.807) is 24.5 Å². The summed E-state index contributed by atoms with van der Waals surface area (Å²) in [5, 5.41) is 0.0912. The van der Waals surface area contributed by atoms with Crippen LogP contribution in [0.2, 0.25) is 5.02 Å². The number of rotatable bonds is 3. The number of nitrogens with one attached hydrogen (secondary N) is 1. The highest BCUT2D eigenvalue weighted by Gasteiger charge is 2.11. The van der Waals surface area contributed by atoms with Crippen molar-refractivity contribution in [3.63, 3.8) is 0 Å². The Hall–Kier alpha value is -1.75. The highest BCUT2D eigenvalue weighted by molar-refractivity contribution is 6.32. The molecule has 5 nitrogen and oxygen atoms in total. The van der Waals surface area contributed by atoms with Crippen molar-refractivity contribution in [3.05, 3.63) is 45.9 Å². The van der Waals surface area contributed by atoms with E-state index in [9.17, 15) is 4.79 Å². The van der Waals surface area contributed by atoms with Crippen molar-refractivity contribution in [2.45, 2.75) is 6.54 Å². The first kappa shape index (κ1) is 10.8. The van der Waals surface area contributed by atoms with Crippen LogP contribution in [0.4, 0.5) is 5.82 Å². The van der Waals surface area contributed by atoms with Crippen LogP contribution in [0.15, 0.2) is 34.1 Å². The number of nitrogens with zero attached hydrogens (tertiary/aromatic N) is 2. The van der Waals surface area contributed by atoms with E-state index in [-0.39, 0.29) is 10.6 Å². The number of furan rings is 1. The van der Waals surface area contributed by atoms with Crippen molar-refractivity contribution in [2.24, 2.45) is 0 Å². The Balaban J connectivity index is 2.24. The van der Waals surface area contributed by atoms with Crippen molar-refractivity contribution < 1.29 is 4.42 Å². The van der Waals surface area contributed by atoms with E-state index in [1.807, 2.05) is 6.07 Å². The summed E-state index contributed by atoms with van der Waals surface area (Å²) in [6.45, 7) is 0.576. The Kier molecular flexibility index (Phi) is 2.96. The number of aromatic nitrogens is 2. The Morgan fingerprint density at radius 2 is 2.44 bits per heavy atom. The van der Waals surface area contributed by atoms with Gasteiger partial charge < -0.3 is 14.3 Å². The van der Waals surface area contributed by atoms with E-state index in [2.05, 4.69) is 9.97 Å². The number of anilines is 1. The van der Waals surface area contributed by atoms with Gasteiger partial charge in [-0.3, -0.25) is 4.79 Å². The van der Waals surface area contributed by atoms with Crippen LogP contribution in [0.25, 0.3) is 0 Å². The van der Waals surface area contributed by atoms with E-state index < -0.39 is 0 Å². The first-order chi connectivity index (χ1) is 7.68. The molecule has 0 fully saturated rings. The summed E-state index contributed by atoms with van der Waals surface area (Å²) in [6.07, 6.45) is 4.56. The summed E-state index contributed by atoms with van der Waals surface area (Å²) >= 11 is 5.86. The van der Waals surface area contributed by atoms with Crippen LogP contribution in [0, 0.1) is 0 Å². The number of H-pyrrole nitrogens is 1. The second kappa shape index (κ2) is 4.40. The lowest BCUT2D eigenvalue weighted by Gasteiger charge is -2.17. The van der Waals surface area contributed by atoms with E-state index in [0.29, 0.717) is 12.4 Å². The van der Waals surface area contributed by atoms with E-state index in [1.165, 1.54) is 6.33 Å². The topological polar surface area (TPSA) is 62.1 Å². The van der Waals surface area contributed by atoms with Crippen molar-refractivity contribution in [1.82, 2.24) is 9.97 Å². The molecule has 0 bridgehead atoms. The quantitative estimate of drug-likeness (QED) is 0.885. The van der Waals surface area contributed by atoms with Gasteiger partial charge in [-0.1, -0.05) is 11.6 Å². The summed E-state index contributed by atoms with van der Waals surface area (Å²) in [5.41, 5.74) is 0.645. The minimum Gasteiger partial charge on any atom is -0.472 e. The standard InChI is InChI=1S/C10H10ClN3O2/c1-14(4-7-2-3-16-5-7)9-8(11)10(15)13-6-12-9/h2-3,5-6H,4H2,1H3,(H,12,13,15). The van der Waals surface area contributed by atoms with Gasteiger partial charge in [0.15, 0.2) is 5.82 Å². The fourth-order valence-corrected chi connectivity index (χ4v) is 1.62. The zero-order valence-corrected chi connectivity index (χ0v) is 9.36. The molecule has 0 radical (unpaired) electrons. The number of aromatic amines is 1. The van der Waals surface area contributed by atoms with Gasteiger partial charge in [-0.25, -0.2) is 4.98 Å². The fourth-order valence-electron chi connectivity index (χ4n) is 1.37. The first-order valence-corrected chi connectivity index (χ1v) is 5.01. The molecular weight excluding hydrogens is 230 g/mol. The van der Waals surface area contributed by atoms with Gasteiger partial charge in [0, 0.05) is 19.2 Å². The van der Waals surface area contributed by atoms with E-state index in [0.717, 1.165) is 5.56 Å². The van der Waals surface area contributed by atoms with E-state index in [4.69, 9.17) is 16.0 Å². The Bertz CT molecular complexity index is 521. The van der Waals surface area contributed by atoms with E-state index >= 15 is 0 Å². The highest BCUT2D eigenvalue weighted by Crippen LogP contribution is 2.18. The number of halogens is 1. The molecule has 2 aromatic rings. The van der Waals surface area contributed by atoms with Gasteiger partial charge in [0.25, 0.3) is 5.56 Å². The minimum atomic E-state index is -0.342. The minimum absolute atomic E-state index is 0.0912. The van der Waals surface area contributed by atoms with Crippen LogP contribution in [0.5, 0.6) is 0 Å². The SMILES string of the molecule is CN(Cc1ccoc1)c1nc[nH]c(=O)c1Cl. The van der Waals surface area contributed by atoms with Crippen molar-refractivity contribution >= 4 is 17.4 Å². The van der Waals surface area contributed by atoms with Gasteiger partial charge in [0.1, 0.15) is 5.02 Å². The zero-order chi connectivity index (χ0) is 11.5. The lowest BCUT2D eigenvalue weighted by molar-refractivity contribution is 0.563. The molecule has 2 aromatic heterocycles. The van der Waals surface area contributed by atoms with Crippen LogP contribution >= 0.6 is 11.6 Å².